The van der Waals surface area contributed by atoms with E-state index in [0.29, 0.717) is 12.8 Å². The summed E-state index contributed by atoms with van der Waals surface area (Å²) in [7, 11) is 0. The van der Waals surface area contributed by atoms with Crippen molar-refractivity contribution in [1.82, 2.24) is 0 Å². The number of rotatable bonds is 4. The number of ketones is 1. The van der Waals surface area contributed by atoms with Crippen LogP contribution in [0, 0.1) is 0 Å². The van der Waals surface area contributed by atoms with Gasteiger partial charge in [0.2, 0.25) is 0 Å². The Hall–Kier alpha value is 0.01000. The molecule has 0 amide bonds. The number of hydrogen-bond donors (Lipinski definition) is 0. The van der Waals surface area contributed by atoms with Crippen molar-refractivity contribution in [1.29, 1.82) is 0 Å². The van der Waals surface area contributed by atoms with E-state index < -0.39 is 0 Å². The van der Waals surface area contributed by atoms with Crippen LogP contribution in [0.3, 0.4) is 0 Å². The Balaban J connectivity index is 2.12. The lowest BCUT2D eigenvalue weighted by Crippen LogP contribution is -2.09. The number of benzene rings is 1. The van der Waals surface area contributed by atoms with Gasteiger partial charge in [-0.3, -0.25) is 4.79 Å². The van der Waals surface area contributed by atoms with Gasteiger partial charge in [0.05, 0.1) is 31.8 Å². The third kappa shape index (κ3) is 3.56. The molecule has 104 valence electrons. The van der Waals surface area contributed by atoms with Crippen molar-refractivity contribution in [3.05, 3.63) is 31.7 Å². The molecule has 1 heterocycles. The van der Waals surface area contributed by atoms with E-state index >= 15 is 0 Å². The highest BCUT2D eigenvalue weighted by atomic mass is 35.5. The zero-order chi connectivity index (χ0) is 14.0. The Labute approximate surface area is 131 Å². The first-order valence-electron chi connectivity index (χ1n) is 5.98. The van der Waals surface area contributed by atoms with E-state index in [4.69, 9.17) is 51.1 Å². The third-order valence-corrected chi connectivity index (χ3v) is 4.67. The van der Waals surface area contributed by atoms with Gasteiger partial charge in [0, 0.05) is 13.0 Å². The fourth-order valence-electron chi connectivity index (χ4n) is 2.11. The van der Waals surface area contributed by atoms with Gasteiger partial charge in [0.1, 0.15) is 0 Å². The van der Waals surface area contributed by atoms with Crippen molar-refractivity contribution < 1.29 is 9.53 Å². The average Bonchev–Trinajstić information content (AvgIpc) is 2.86. The number of carbonyl (C=O) groups excluding carboxylic acids is 1. The number of ether oxygens (including phenoxy) is 1. The standard InChI is InChI=1S/C13H12Cl4O2/c14-8-6-9(15)12(16)13(17)11(8)10(18)4-3-7-2-1-5-19-7/h6-7H,1-5H2. The van der Waals surface area contributed by atoms with Crippen molar-refractivity contribution in [2.45, 2.75) is 31.8 Å². The lowest BCUT2D eigenvalue weighted by atomic mass is 10.0. The zero-order valence-electron chi connectivity index (χ0n) is 10.0. The molecule has 0 N–H and O–H groups in total. The number of hydrogen-bond acceptors (Lipinski definition) is 2. The molecule has 1 aromatic carbocycles. The van der Waals surface area contributed by atoms with Crippen molar-refractivity contribution in [2.24, 2.45) is 0 Å². The van der Waals surface area contributed by atoms with Crippen LogP contribution in [-0.4, -0.2) is 18.5 Å². The molecule has 1 saturated heterocycles. The maximum atomic E-state index is 12.2. The van der Waals surface area contributed by atoms with Crippen LogP contribution in [0.2, 0.25) is 20.1 Å². The molecule has 2 nitrogen and oxygen atoms in total. The minimum Gasteiger partial charge on any atom is -0.378 e. The van der Waals surface area contributed by atoms with E-state index in [1.165, 1.54) is 6.07 Å². The highest BCUT2D eigenvalue weighted by Crippen LogP contribution is 2.38. The highest BCUT2D eigenvalue weighted by molar-refractivity contribution is 6.51. The van der Waals surface area contributed by atoms with Gasteiger partial charge in [-0.15, -0.1) is 0 Å². The van der Waals surface area contributed by atoms with Gasteiger partial charge in [-0.1, -0.05) is 46.4 Å². The minimum absolute atomic E-state index is 0.122. The Kier molecular flexibility index (Phi) is 5.38. The van der Waals surface area contributed by atoms with Crippen LogP contribution in [0.4, 0.5) is 0 Å². The largest absolute Gasteiger partial charge is 0.378 e. The van der Waals surface area contributed by atoms with Crippen LogP contribution >= 0.6 is 46.4 Å². The summed E-state index contributed by atoms with van der Waals surface area (Å²) in [4.78, 5) is 12.2. The number of halogens is 4. The molecular formula is C13H12Cl4O2. The smallest absolute Gasteiger partial charge is 0.166 e. The first kappa shape index (κ1) is 15.4. The molecule has 1 aromatic rings. The molecule has 1 atom stereocenters. The Bertz CT molecular complexity index is 496. The van der Waals surface area contributed by atoms with Crippen molar-refractivity contribution in [2.75, 3.05) is 6.61 Å². The number of Topliss-reactive ketones (excluding diaryl/α,β-unsaturated/α-hetero) is 1. The monoisotopic (exact) mass is 340 g/mol. The summed E-state index contributed by atoms with van der Waals surface area (Å²) in [6.07, 6.45) is 3.21. The molecule has 0 aromatic heterocycles. The minimum atomic E-state index is -0.135. The summed E-state index contributed by atoms with van der Waals surface area (Å²) in [5, 5.41) is 0.758. The Morgan fingerprint density at radius 3 is 2.58 bits per heavy atom. The van der Waals surface area contributed by atoms with Gasteiger partial charge in [-0.25, -0.2) is 0 Å². The summed E-state index contributed by atoms with van der Waals surface area (Å²) in [6, 6.07) is 1.44. The quantitative estimate of drug-likeness (QED) is 0.414. The van der Waals surface area contributed by atoms with E-state index in [-0.39, 0.29) is 37.5 Å². The second-order valence-corrected chi connectivity index (χ2v) is 6.01. The summed E-state index contributed by atoms with van der Waals surface area (Å²) in [5.74, 6) is -0.135. The molecule has 1 fully saturated rings. The molecule has 0 bridgehead atoms. The first-order chi connectivity index (χ1) is 9.00. The van der Waals surface area contributed by atoms with E-state index in [2.05, 4.69) is 0 Å². The SMILES string of the molecule is O=C(CCC1CCCO1)c1c(Cl)cc(Cl)c(Cl)c1Cl. The average molecular weight is 342 g/mol. The predicted octanol–water partition coefficient (Wildman–Crippen LogP) is 5.44. The Morgan fingerprint density at radius 2 is 1.95 bits per heavy atom. The van der Waals surface area contributed by atoms with Gasteiger partial charge < -0.3 is 4.74 Å². The topological polar surface area (TPSA) is 26.3 Å². The molecule has 6 heteroatoms. The second kappa shape index (κ2) is 6.64. The Morgan fingerprint density at radius 1 is 1.21 bits per heavy atom. The van der Waals surface area contributed by atoms with E-state index in [0.717, 1.165) is 19.4 Å². The van der Waals surface area contributed by atoms with Crippen molar-refractivity contribution >= 4 is 52.2 Å². The molecule has 1 aliphatic rings. The second-order valence-electron chi connectivity index (χ2n) is 4.44. The molecule has 0 aliphatic carbocycles. The van der Waals surface area contributed by atoms with Crippen LogP contribution in [0.1, 0.15) is 36.0 Å². The van der Waals surface area contributed by atoms with E-state index in [1.54, 1.807) is 0 Å². The maximum absolute atomic E-state index is 12.2. The number of carbonyl (C=O) groups is 1. The summed E-state index contributed by atoms with van der Waals surface area (Å²) in [6.45, 7) is 0.771. The lowest BCUT2D eigenvalue weighted by molar-refractivity contribution is 0.0859. The van der Waals surface area contributed by atoms with Gasteiger partial charge in [-0.2, -0.15) is 0 Å². The summed E-state index contributed by atoms with van der Waals surface area (Å²) < 4.78 is 5.48. The molecule has 0 radical (unpaired) electrons. The van der Waals surface area contributed by atoms with Crippen LogP contribution in [0.25, 0.3) is 0 Å². The molecular weight excluding hydrogens is 330 g/mol. The first-order valence-corrected chi connectivity index (χ1v) is 7.49. The molecule has 2 rings (SSSR count). The molecule has 0 spiro atoms. The zero-order valence-corrected chi connectivity index (χ0v) is 13.0. The van der Waals surface area contributed by atoms with Gasteiger partial charge in [0.25, 0.3) is 0 Å². The summed E-state index contributed by atoms with van der Waals surface area (Å²) in [5.41, 5.74) is 0.246. The van der Waals surface area contributed by atoms with Gasteiger partial charge in [0.15, 0.2) is 5.78 Å². The van der Waals surface area contributed by atoms with E-state index in [9.17, 15) is 4.79 Å². The molecule has 1 aliphatic heterocycles. The molecule has 19 heavy (non-hydrogen) atoms. The fraction of sp³-hybridized carbons (Fsp3) is 0.462. The maximum Gasteiger partial charge on any atom is 0.166 e. The van der Waals surface area contributed by atoms with Crippen molar-refractivity contribution in [3.8, 4) is 0 Å². The van der Waals surface area contributed by atoms with Crippen LogP contribution < -0.4 is 0 Å². The fourth-order valence-corrected chi connectivity index (χ4v) is 3.23. The van der Waals surface area contributed by atoms with E-state index in [1.807, 2.05) is 0 Å². The predicted molar refractivity (Wildman–Crippen MR) is 79.0 cm³/mol. The van der Waals surface area contributed by atoms with Gasteiger partial charge >= 0.3 is 0 Å². The normalized spacial score (nSPS) is 18.8. The van der Waals surface area contributed by atoms with Crippen molar-refractivity contribution in [3.63, 3.8) is 0 Å². The third-order valence-electron chi connectivity index (χ3n) is 3.11. The molecule has 1 unspecified atom stereocenters. The van der Waals surface area contributed by atoms with Gasteiger partial charge in [-0.05, 0) is 25.3 Å². The van der Waals surface area contributed by atoms with Crippen LogP contribution in [0.15, 0.2) is 6.07 Å². The lowest BCUT2D eigenvalue weighted by Gasteiger charge is -2.11. The van der Waals surface area contributed by atoms with Crippen LogP contribution in [-0.2, 0) is 4.74 Å². The molecule has 0 saturated carbocycles. The van der Waals surface area contributed by atoms with Crippen LogP contribution in [0.5, 0.6) is 0 Å². The highest BCUT2D eigenvalue weighted by Gasteiger charge is 2.22. The summed E-state index contributed by atoms with van der Waals surface area (Å²) >= 11 is 23.8.